The summed E-state index contributed by atoms with van der Waals surface area (Å²) < 4.78 is 7.76. The fourth-order valence-corrected chi connectivity index (χ4v) is 4.58. The minimum absolute atomic E-state index is 0.166. The average Bonchev–Trinajstić information content (AvgIpc) is 3.44. The summed E-state index contributed by atoms with van der Waals surface area (Å²) in [5.74, 6) is 0.992. The molecule has 160 valence electrons. The van der Waals surface area contributed by atoms with E-state index >= 15 is 0 Å². The van der Waals surface area contributed by atoms with Crippen molar-refractivity contribution in [1.82, 2.24) is 14.9 Å². The summed E-state index contributed by atoms with van der Waals surface area (Å²) >= 11 is 5.78. The Balaban J connectivity index is 1.68. The van der Waals surface area contributed by atoms with Crippen LogP contribution in [0.25, 0.3) is 5.69 Å². The highest BCUT2D eigenvalue weighted by Crippen LogP contribution is 2.43. The highest BCUT2D eigenvalue weighted by atomic mass is 32.1. The number of rotatable bonds is 5. The normalized spacial score (nSPS) is 17.9. The molecule has 0 spiro atoms. The molecule has 1 fully saturated rings. The van der Waals surface area contributed by atoms with E-state index in [4.69, 9.17) is 17.0 Å². The number of pyridine rings is 1. The molecule has 2 aromatic carbocycles. The van der Waals surface area contributed by atoms with Gasteiger partial charge in [0.25, 0.3) is 0 Å². The maximum Gasteiger partial charge on any atom is 0.174 e. The number of phenolic OH excluding ortho intramolecular Hbond substituents is 1. The fourth-order valence-electron chi connectivity index (χ4n) is 4.23. The number of nitrogens with zero attached hydrogens (tertiary/aromatic N) is 3. The molecule has 4 aromatic rings. The zero-order chi connectivity index (χ0) is 22.1. The van der Waals surface area contributed by atoms with E-state index in [1.165, 1.54) is 0 Å². The molecule has 7 heteroatoms. The van der Waals surface area contributed by atoms with Crippen LogP contribution >= 0.6 is 12.2 Å². The van der Waals surface area contributed by atoms with Gasteiger partial charge in [-0.05, 0) is 72.9 Å². The smallest absolute Gasteiger partial charge is 0.174 e. The molecule has 1 saturated heterocycles. The molecular weight excluding hydrogens is 420 g/mol. The van der Waals surface area contributed by atoms with E-state index in [0.717, 1.165) is 28.5 Å². The van der Waals surface area contributed by atoms with Crippen molar-refractivity contribution in [3.05, 3.63) is 103 Å². The molecule has 0 radical (unpaired) electrons. The van der Waals surface area contributed by atoms with Gasteiger partial charge in [0, 0.05) is 23.8 Å². The Morgan fingerprint density at radius 3 is 2.50 bits per heavy atom. The van der Waals surface area contributed by atoms with Crippen molar-refractivity contribution in [1.29, 1.82) is 0 Å². The van der Waals surface area contributed by atoms with Crippen molar-refractivity contribution < 1.29 is 9.84 Å². The highest BCUT2D eigenvalue weighted by molar-refractivity contribution is 7.80. The van der Waals surface area contributed by atoms with Crippen molar-refractivity contribution in [3.8, 4) is 17.2 Å². The van der Waals surface area contributed by atoms with Gasteiger partial charge in [-0.3, -0.25) is 4.98 Å². The molecule has 0 unspecified atom stereocenters. The Morgan fingerprint density at radius 1 is 0.969 bits per heavy atom. The summed E-state index contributed by atoms with van der Waals surface area (Å²) in [4.78, 5) is 6.69. The van der Waals surface area contributed by atoms with Crippen molar-refractivity contribution in [2.75, 3.05) is 12.0 Å². The van der Waals surface area contributed by atoms with Gasteiger partial charge >= 0.3 is 0 Å². The lowest BCUT2D eigenvalue weighted by atomic mass is 10.0. The topological polar surface area (TPSA) is 62.5 Å². The number of aromatic nitrogens is 2. The molecule has 32 heavy (non-hydrogen) atoms. The van der Waals surface area contributed by atoms with Gasteiger partial charge in [-0.25, -0.2) is 0 Å². The first kappa shape index (κ1) is 20.1. The van der Waals surface area contributed by atoms with Crippen LogP contribution in [0.15, 0.2) is 91.3 Å². The number of thiocarbonyl (C=S) groups is 1. The van der Waals surface area contributed by atoms with Crippen LogP contribution in [0, 0.1) is 0 Å². The third kappa shape index (κ3) is 3.46. The van der Waals surface area contributed by atoms with E-state index in [-0.39, 0.29) is 17.8 Å². The fraction of sp³-hybridized carbons (Fsp3) is 0.120. The van der Waals surface area contributed by atoms with Crippen molar-refractivity contribution in [3.63, 3.8) is 0 Å². The Morgan fingerprint density at radius 2 is 1.75 bits per heavy atom. The first-order chi connectivity index (χ1) is 15.7. The quantitative estimate of drug-likeness (QED) is 0.435. The first-order valence-corrected chi connectivity index (χ1v) is 10.7. The summed E-state index contributed by atoms with van der Waals surface area (Å²) in [6.07, 6.45) is 3.82. The molecule has 0 amide bonds. The van der Waals surface area contributed by atoms with Crippen LogP contribution in [0.5, 0.6) is 11.5 Å². The predicted octanol–water partition coefficient (Wildman–Crippen LogP) is 4.76. The largest absolute Gasteiger partial charge is 0.508 e. The van der Waals surface area contributed by atoms with Gasteiger partial charge in [-0.2, -0.15) is 0 Å². The third-order valence-corrected chi connectivity index (χ3v) is 5.97. The number of aromatic hydroxyl groups is 1. The number of benzene rings is 2. The predicted molar refractivity (Wildman–Crippen MR) is 128 cm³/mol. The zero-order valence-electron chi connectivity index (χ0n) is 17.4. The van der Waals surface area contributed by atoms with Crippen molar-refractivity contribution >= 4 is 23.0 Å². The number of hydrogen-bond donors (Lipinski definition) is 2. The summed E-state index contributed by atoms with van der Waals surface area (Å²) in [6.45, 7) is 0. The number of phenols is 1. The van der Waals surface area contributed by atoms with Crippen molar-refractivity contribution in [2.24, 2.45) is 0 Å². The molecule has 0 bridgehead atoms. The second kappa shape index (κ2) is 8.36. The Hall–Kier alpha value is -3.84. The standard InChI is InChI=1S/C25H22N4O2S/c1-31-22-10-3-2-8-20(22)28-16-6-9-21(28)24-23(19-7-4-5-15-26-19)27-25(32)29(24)17-11-13-18(30)14-12-17/h2-16,23-24,30H,1H3,(H,27,32)/t23-,24-/m1/s1. The Labute approximate surface area is 191 Å². The molecule has 2 aromatic heterocycles. The average molecular weight is 443 g/mol. The molecule has 3 heterocycles. The van der Waals surface area contributed by atoms with Gasteiger partial charge in [0.15, 0.2) is 5.11 Å². The summed E-state index contributed by atoms with van der Waals surface area (Å²) in [7, 11) is 1.67. The number of nitrogens with one attached hydrogen (secondary N) is 1. The van der Waals surface area contributed by atoms with E-state index in [1.807, 2.05) is 66.9 Å². The lowest BCUT2D eigenvalue weighted by Gasteiger charge is -2.29. The van der Waals surface area contributed by atoms with Crippen LogP contribution < -0.4 is 15.0 Å². The van der Waals surface area contributed by atoms with E-state index in [2.05, 4.69) is 25.8 Å². The molecule has 1 aliphatic rings. The SMILES string of the molecule is COc1ccccc1-n1cccc1[C@@H]1[C@@H](c2ccccn2)NC(=S)N1c1ccc(O)cc1. The van der Waals surface area contributed by atoms with Gasteiger partial charge in [0.1, 0.15) is 17.5 Å². The number of para-hydroxylation sites is 2. The van der Waals surface area contributed by atoms with E-state index in [9.17, 15) is 5.11 Å². The second-order valence-corrected chi connectivity index (χ2v) is 7.87. The van der Waals surface area contributed by atoms with Crippen molar-refractivity contribution in [2.45, 2.75) is 12.1 Å². The molecule has 2 N–H and O–H groups in total. The number of hydrogen-bond acceptors (Lipinski definition) is 4. The zero-order valence-corrected chi connectivity index (χ0v) is 18.2. The second-order valence-electron chi connectivity index (χ2n) is 7.49. The molecule has 6 nitrogen and oxygen atoms in total. The maximum atomic E-state index is 9.80. The highest BCUT2D eigenvalue weighted by Gasteiger charge is 2.42. The van der Waals surface area contributed by atoms with Gasteiger partial charge in [-0.15, -0.1) is 0 Å². The Kier molecular flexibility index (Phi) is 5.25. The summed E-state index contributed by atoms with van der Waals surface area (Å²) in [5, 5.41) is 13.9. The monoisotopic (exact) mass is 442 g/mol. The van der Waals surface area contributed by atoms with Gasteiger partial charge in [0.2, 0.25) is 0 Å². The molecular formula is C25H22N4O2S. The molecule has 2 atom stereocenters. The van der Waals surface area contributed by atoms with E-state index in [0.29, 0.717) is 5.11 Å². The minimum Gasteiger partial charge on any atom is -0.508 e. The van der Waals surface area contributed by atoms with Gasteiger partial charge in [-0.1, -0.05) is 18.2 Å². The first-order valence-electron chi connectivity index (χ1n) is 10.3. The number of anilines is 1. The molecule has 0 aliphatic carbocycles. The van der Waals surface area contributed by atoms with Crippen LogP contribution in [-0.4, -0.2) is 26.9 Å². The summed E-state index contributed by atoms with van der Waals surface area (Å²) in [6, 6.07) is 24.7. The van der Waals surface area contributed by atoms with Crippen LogP contribution in [0.4, 0.5) is 5.69 Å². The van der Waals surface area contributed by atoms with Gasteiger partial charge in [0.05, 0.1) is 24.5 Å². The van der Waals surface area contributed by atoms with Crippen LogP contribution in [0.1, 0.15) is 23.5 Å². The lowest BCUT2D eigenvalue weighted by Crippen LogP contribution is -2.30. The number of ether oxygens (including phenoxy) is 1. The van der Waals surface area contributed by atoms with Crippen LogP contribution in [-0.2, 0) is 0 Å². The third-order valence-electron chi connectivity index (χ3n) is 5.65. The van der Waals surface area contributed by atoms with Gasteiger partial charge < -0.3 is 24.6 Å². The van der Waals surface area contributed by atoms with Crippen LogP contribution in [0.3, 0.4) is 0 Å². The molecule has 0 saturated carbocycles. The van der Waals surface area contributed by atoms with E-state index in [1.54, 1.807) is 25.4 Å². The van der Waals surface area contributed by atoms with E-state index < -0.39 is 0 Å². The molecule has 5 rings (SSSR count). The maximum absolute atomic E-state index is 9.80. The Bertz CT molecular complexity index is 1240. The summed E-state index contributed by atoms with van der Waals surface area (Å²) in [5.41, 5.74) is 3.76. The lowest BCUT2D eigenvalue weighted by molar-refractivity contribution is 0.412. The molecule has 1 aliphatic heterocycles. The number of methoxy groups -OCH3 is 1. The van der Waals surface area contributed by atoms with Crippen LogP contribution in [0.2, 0.25) is 0 Å². The minimum atomic E-state index is -0.179.